The average Bonchev–Trinajstić information content (AvgIpc) is 2.49. The largest absolute Gasteiger partial charge is 0.147 e. The van der Waals surface area contributed by atoms with Crippen LogP contribution >= 0.6 is 24.8 Å². The molecule has 2 N–H and O–H groups in total. The fraction of sp³-hybridized carbons (Fsp3) is 0.750. The Kier molecular flexibility index (Phi) is 9.65. The Hall–Kier alpha value is 0.871. The first kappa shape index (κ1) is 26.1. The van der Waals surface area contributed by atoms with Crippen molar-refractivity contribution in [2.24, 2.45) is 5.92 Å². The fourth-order valence-electron chi connectivity index (χ4n) is 3.90. The van der Waals surface area contributed by atoms with Gasteiger partial charge in [-0.25, -0.2) is 0 Å². The first-order chi connectivity index (χ1) is 9.32. The second-order valence-corrected chi connectivity index (χ2v) is 22.5. The molecule has 0 saturated heterocycles. The van der Waals surface area contributed by atoms with E-state index < -0.39 is 14.7 Å². The van der Waals surface area contributed by atoms with E-state index in [1.54, 1.807) is 0 Å². The van der Waals surface area contributed by atoms with Gasteiger partial charge < -0.3 is 0 Å². The van der Waals surface area contributed by atoms with Gasteiger partial charge in [-0.15, -0.1) is 24.8 Å². The molecule has 1 unspecified atom stereocenters. The SMILES string of the molecule is CC1=C(C)C(C)[C]([Ti]([CH3])(=[SiH2])([NH]C(C)(C)C)[O]CCO)=C1C.Cl.Cl. The summed E-state index contributed by atoms with van der Waals surface area (Å²) in [5.74, 6) is 0.429. The van der Waals surface area contributed by atoms with Crippen LogP contribution in [0.3, 0.4) is 0 Å². The van der Waals surface area contributed by atoms with Crippen LogP contribution in [0.4, 0.5) is 0 Å². The molecule has 0 fully saturated rings. The average molecular weight is 420 g/mol. The topological polar surface area (TPSA) is 41.5 Å². The number of aliphatic hydroxyl groups is 1. The van der Waals surface area contributed by atoms with Gasteiger partial charge in [-0.2, -0.15) is 0 Å². The van der Waals surface area contributed by atoms with Gasteiger partial charge >= 0.3 is 134 Å². The van der Waals surface area contributed by atoms with E-state index in [4.69, 9.17) is 3.32 Å². The number of rotatable bonds is 5. The molecule has 0 amide bonds. The predicted octanol–water partition coefficient (Wildman–Crippen LogP) is 3.60. The fourth-order valence-corrected chi connectivity index (χ4v) is 17.6. The number of nitrogens with one attached hydrogen (secondary N) is 1. The summed E-state index contributed by atoms with van der Waals surface area (Å²) in [6, 6.07) is 0. The van der Waals surface area contributed by atoms with E-state index >= 15 is 0 Å². The molecule has 0 spiro atoms. The molecule has 138 valence electrons. The van der Waals surface area contributed by atoms with Crippen LogP contribution in [-0.2, 0) is 18.0 Å². The molecule has 1 rings (SSSR count). The Labute approximate surface area is 157 Å². The van der Waals surface area contributed by atoms with Gasteiger partial charge in [0.2, 0.25) is 0 Å². The minimum Gasteiger partial charge on any atom is -0.147 e. The van der Waals surface area contributed by atoms with Crippen LogP contribution in [0, 0.1) is 5.92 Å². The summed E-state index contributed by atoms with van der Waals surface area (Å²) in [7, 11) is 2.03. The van der Waals surface area contributed by atoms with Gasteiger partial charge in [-0.1, -0.05) is 0 Å². The van der Waals surface area contributed by atoms with Crippen molar-refractivity contribution in [3.8, 4) is 0 Å². The Bertz CT molecular complexity index is 567. The second-order valence-electron chi connectivity index (χ2n) is 7.90. The Morgan fingerprint density at radius 2 is 1.65 bits per heavy atom. The summed E-state index contributed by atoms with van der Waals surface area (Å²) in [5.41, 5.74) is 4.24. The first-order valence-electron chi connectivity index (χ1n) is 7.82. The van der Waals surface area contributed by atoms with Crippen molar-refractivity contribution < 1.29 is 23.1 Å². The summed E-state index contributed by atoms with van der Waals surface area (Å²) in [6.07, 6.45) is 0. The van der Waals surface area contributed by atoms with Crippen LogP contribution in [0.1, 0.15) is 48.5 Å². The van der Waals surface area contributed by atoms with Crippen LogP contribution in [0.2, 0.25) is 5.23 Å². The maximum absolute atomic E-state index is 9.28. The Morgan fingerprint density at radius 1 is 1.17 bits per heavy atom. The number of hydrogen-bond acceptors (Lipinski definition) is 3. The van der Waals surface area contributed by atoms with Crippen LogP contribution in [0.5, 0.6) is 0 Å². The summed E-state index contributed by atoms with van der Waals surface area (Å²) >= 11 is -3.53. The number of allylic oxidation sites excluding steroid dienone is 4. The molecule has 1 aliphatic rings. The van der Waals surface area contributed by atoms with E-state index in [1.165, 1.54) is 20.6 Å². The molecule has 23 heavy (non-hydrogen) atoms. The van der Waals surface area contributed by atoms with Gasteiger partial charge in [0.15, 0.2) is 0 Å². The Morgan fingerprint density at radius 3 is 1.96 bits per heavy atom. The molecule has 3 nitrogen and oxygen atoms in total. The summed E-state index contributed by atoms with van der Waals surface area (Å²) in [5, 5.41) is 11.6. The third-order valence-corrected chi connectivity index (χ3v) is 15.0. The number of halogens is 2. The smallest absolute Gasteiger partial charge is 0.147 e. The predicted molar refractivity (Wildman–Crippen MR) is 105 cm³/mol. The zero-order chi connectivity index (χ0) is 16.7. The van der Waals surface area contributed by atoms with Crippen molar-refractivity contribution in [3.05, 3.63) is 20.6 Å². The van der Waals surface area contributed by atoms with Crippen LogP contribution in [-0.4, -0.2) is 31.5 Å². The first-order valence-corrected chi connectivity index (χ1v) is 15.6. The minimum absolute atomic E-state index is 0. The summed E-state index contributed by atoms with van der Waals surface area (Å²) < 4.78 is 11.8. The second kappa shape index (κ2) is 8.50. The zero-order valence-electron chi connectivity index (χ0n) is 15.9. The summed E-state index contributed by atoms with van der Waals surface area (Å²) in [6.45, 7) is 16.0. The molecule has 0 bridgehead atoms. The monoisotopic (exact) mass is 419 g/mol. The molecule has 1 aliphatic carbocycles. The van der Waals surface area contributed by atoms with Gasteiger partial charge in [0.1, 0.15) is 0 Å². The van der Waals surface area contributed by atoms with Crippen molar-refractivity contribution in [3.63, 3.8) is 0 Å². The van der Waals surface area contributed by atoms with Gasteiger partial charge in [0.05, 0.1) is 0 Å². The van der Waals surface area contributed by atoms with Crippen molar-refractivity contribution in [1.82, 2.24) is 3.80 Å². The van der Waals surface area contributed by atoms with Gasteiger partial charge in [-0.05, 0) is 0 Å². The van der Waals surface area contributed by atoms with Gasteiger partial charge in [0.25, 0.3) is 0 Å². The van der Waals surface area contributed by atoms with Gasteiger partial charge in [-0.3, -0.25) is 0 Å². The molecule has 0 aromatic carbocycles. The van der Waals surface area contributed by atoms with Crippen LogP contribution < -0.4 is 3.80 Å². The standard InChI is InChI=1S/C9H13.C4H10N.C2H5O2.CH3.2ClH.H2Si.Ti/c1-6-5-7(2)9(4)8(6)3;1-4(2,3)5;3-1-2-4;;;;;/h6H,1-4H3;5H,1-3H3;3H,1-2H2;1H3;2*1H;1H2;/q;2*-1;;;;;+2. The van der Waals surface area contributed by atoms with Crippen LogP contribution in [0.25, 0.3) is 0 Å². The van der Waals surface area contributed by atoms with Gasteiger partial charge in [0, 0.05) is 0 Å². The van der Waals surface area contributed by atoms with E-state index in [0.29, 0.717) is 12.5 Å². The molecule has 0 aromatic rings. The maximum atomic E-state index is 9.28. The molecule has 7 heteroatoms. The van der Waals surface area contributed by atoms with E-state index in [-0.39, 0.29) is 37.0 Å². The van der Waals surface area contributed by atoms with E-state index in [0.717, 1.165) is 0 Å². The normalized spacial score (nSPS) is 19.7. The van der Waals surface area contributed by atoms with E-state index in [2.05, 4.69) is 57.5 Å². The maximum Gasteiger partial charge on any atom is -0.147 e. The number of aliphatic hydroxyl groups excluding tert-OH is 1. The van der Waals surface area contributed by atoms with Crippen molar-refractivity contribution in [2.45, 2.75) is 59.2 Å². The van der Waals surface area contributed by atoms with Crippen molar-refractivity contribution in [2.75, 3.05) is 13.2 Å². The quantitative estimate of drug-likeness (QED) is 0.668. The molecule has 0 saturated carbocycles. The molecular formula is C16H35Cl2NO2SiTi. The molecular weight excluding hydrogens is 385 g/mol. The molecule has 0 aliphatic heterocycles. The summed E-state index contributed by atoms with van der Waals surface area (Å²) in [4.78, 5) is 0. The number of hydrogen-bond donors (Lipinski definition) is 2. The molecule has 1 atom stereocenters. The third kappa shape index (κ3) is 5.68. The Balaban J connectivity index is 0. The molecule has 0 radical (unpaired) electrons. The molecule has 0 aromatic heterocycles. The van der Waals surface area contributed by atoms with E-state index in [9.17, 15) is 5.11 Å². The third-order valence-electron chi connectivity index (χ3n) is 4.63. The molecule has 0 heterocycles. The zero-order valence-corrected chi connectivity index (χ0v) is 20.5. The van der Waals surface area contributed by atoms with Crippen molar-refractivity contribution >= 4 is 32.4 Å². The van der Waals surface area contributed by atoms with E-state index in [1.807, 2.05) is 7.63 Å². The van der Waals surface area contributed by atoms with Crippen molar-refractivity contribution in [1.29, 1.82) is 0 Å². The van der Waals surface area contributed by atoms with Crippen LogP contribution in [0.15, 0.2) is 20.6 Å². The minimum atomic E-state index is -3.53.